The molecule has 2 amide bonds. The lowest BCUT2D eigenvalue weighted by Crippen LogP contribution is -2.30. The average Bonchev–Trinajstić information content (AvgIpc) is 3.06. The number of nitrogens with one attached hydrogen (secondary N) is 2. The van der Waals surface area contributed by atoms with Gasteiger partial charge in [-0.15, -0.1) is 0 Å². The molecule has 0 spiro atoms. The van der Waals surface area contributed by atoms with E-state index in [0.29, 0.717) is 6.54 Å². The lowest BCUT2D eigenvalue weighted by molar-refractivity contribution is 0.252. The number of carbonyl (C=O) groups excluding carboxylic acids is 1. The van der Waals surface area contributed by atoms with Crippen molar-refractivity contribution >= 4 is 22.6 Å². The SMILES string of the molecule is CCc1nccn1CCCNC(=O)Nc1cccc2nc(C)ccc12. The molecule has 3 aromatic rings. The van der Waals surface area contributed by atoms with E-state index in [1.165, 1.54) is 0 Å². The molecule has 0 bridgehead atoms. The first-order chi connectivity index (χ1) is 12.2. The van der Waals surface area contributed by atoms with Gasteiger partial charge in [0.2, 0.25) is 0 Å². The van der Waals surface area contributed by atoms with Crippen LogP contribution in [0.25, 0.3) is 10.9 Å². The van der Waals surface area contributed by atoms with Crippen LogP contribution in [0, 0.1) is 6.92 Å². The van der Waals surface area contributed by atoms with E-state index in [1.807, 2.05) is 49.6 Å². The largest absolute Gasteiger partial charge is 0.338 e. The Balaban J connectivity index is 1.53. The highest BCUT2D eigenvalue weighted by atomic mass is 16.2. The highest BCUT2D eigenvalue weighted by molar-refractivity contribution is 6.00. The maximum atomic E-state index is 12.1. The van der Waals surface area contributed by atoms with Crippen LogP contribution in [-0.2, 0) is 13.0 Å². The van der Waals surface area contributed by atoms with Crippen molar-refractivity contribution in [3.05, 3.63) is 54.2 Å². The van der Waals surface area contributed by atoms with Gasteiger partial charge in [0.1, 0.15) is 5.82 Å². The summed E-state index contributed by atoms with van der Waals surface area (Å²) in [7, 11) is 0. The molecule has 0 atom stereocenters. The maximum absolute atomic E-state index is 12.1. The molecule has 0 aliphatic heterocycles. The Hall–Kier alpha value is -2.89. The Kier molecular flexibility index (Phi) is 5.28. The van der Waals surface area contributed by atoms with Crippen LogP contribution in [0.2, 0.25) is 0 Å². The van der Waals surface area contributed by atoms with E-state index >= 15 is 0 Å². The van der Waals surface area contributed by atoms with Gasteiger partial charge in [0.25, 0.3) is 0 Å². The Labute approximate surface area is 147 Å². The summed E-state index contributed by atoms with van der Waals surface area (Å²) in [6, 6.07) is 9.46. The smallest absolute Gasteiger partial charge is 0.319 e. The average molecular weight is 337 g/mol. The molecule has 2 heterocycles. The summed E-state index contributed by atoms with van der Waals surface area (Å²) in [5, 5.41) is 6.75. The number of aryl methyl sites for hydroxylation is 3. The highest BCUT2D eigenvalue weighted by Crippen LogP contribution is 2.22. The normalized spacial score (nSPS) is 10.8. The first kappa shape index (κ1) is 17.0. The van der Waals surface area contributed by atoms with E-state index in [2.05, 4.69) is 32.1 Å². The minimum atomic E-state index is -0.200. The third-order valence-corrected chi connectivity index (χ3v) is 4.10. The van der Waals surface area contributed by atoms with E-state index in [9.17, 15) is 4.79 Å². The summed E-state index contributed by atoms with van der Waals surface area (Å²) in [4.78, 5) is 20.9. The lowest BCUT2D eigenvalue weighted by atomic mass is 10.1. The number of urea groups is 1. The summed E-state index contributed by atoms with van der Waals surface area (Å²) < 4.78 is 2.12. The van der Waals surface area contributed by atoms with Crippen molar-refractivity contribution in [1.82, 2.24) is 19.9 Å². The second-order valence-corrected chi connectivity index (χ2v) is 5.95. The minimum absolute atomic E-state index is 0.200. The van der Waals surface area contributed by atoms with Crippen LogP contribution >= 0.6 is 0 Å². The first-order valence-corrected chi connectivity index (χ1v) is 8.58. The summed E-state index contributed by atoms with van der Waals surface area (Å²) >= 11 is 0. The van der Waals surface area contributed by atoms with Gasteiger partial charge in [-0.3, -0.25) is 4.98 Å². The van der Waals surface area contributed by atoms with Crippen molar-refractivity contribution in [2.24, 2.45) is 0 Å². The van der Waals surface area contributed by atoms with E-state index < -0.39 is 0 Å². The number of carbonyl (C=O) groups is 1. The van der Waals surface area contributed by atoms with Crippen molar-refractivity contribution in [3.8, 4) is 0 Å². The second-order valence-electron chi connectivity index (χ2n) is 5.95. The van der Waals surface area contributed by atoms with Crippen LogP contribution in [0.15, 0.2) is 42.7 Å². The molecule has 3 rings (SSSR count). The van der Waals surface area contributed by atoms with E-state index in [1.54, 1.807) is 0 Å². The Morgan fingerprint density at radius 3 is 2.96 bits per heavy atom. The van der Waals surface area contributed by atoms with Crippen LogP contribution in [0.3, 0.4) is 0 Å². The molecule has 0 saturated heterocycles. The van der Waals surface area contributed by atoms with Crippen LogP contribution in [0.5, 0.6) is 0 Å². The molecule has 0 fully saturated rings. The number of fused-ring (bicyclic) bond motifs is 1. The summed E-state index contributed by atoms with van der Waals surface area (Å²) in [6.07, 6.45) is 5.56. The maximum Gasteiger partial charge on any atom is 0.319 e. The van der Waals surface area contributed by atoms with Crippen molar-refractivity contribution in [1.29, 1.82) is 0 Å². The van der Waals surface area contributed by atoms with Crippen LogP contribution < -0.4 is 10.6 Å². The zero-order valence-electron chi connectivity index (χ0n) is 14.6. The molecule has 130 valence electrons. The fourth-order valence-electron chi connectivity index (χ4n) is 2.84. The molecule has 6 nitrogen and oxygen atoms in total. The summed E-state index contributed by atoms with van der Waals surface area (Å²) in [5.41, 5.74) is 2.61. The van der Waals surface area contributed by atoms with Crippen LogP contribution in [0.1, 0.15) is 24.9 Å². The van der Waals surface area contributed by atoms with Gasteiger partial charge in [-0.2, -0.15) is 0 Å². The summed E-state index contributed by atoms with van der Waals surface area (Å²) in [5.74, 6) is 1.07. The number of nitrogens with zero attached hydrogens (tertiary/aromatic N) is 3. The van der Waals surface area contributed by atoms with Crippen molar-refractivity contribution in [3.63, 3.8) is 0 Å². The van der Waals surface area contributed by atoms with Gasteiger partial charge in [-0.05, 0) is 37.6 Å². The van der Waals surface area contributed by atoms with Crippen molar-refractivity contribution in [2.75, 3.05) is 11.9 Å². The third-order valence-electron chi connectivity index (χ3n) is 4.10. The molecule has 6 heteroatoms. The van der Waals surface area contributed by atoms with Gasteiger partial charge in [0, 0.05) is 43.0 Å². The number of imidazole rings is 1. The zero-order chi connectivity index (χ0) is 17.6. The molecule has 0 saturated carbocycles. The number of rotatable bonds is 6. The molecule has 0 unspecified atom stereocenters. The molecule has 0 radical (unpaired) electrons. The van der Waals surface area contributed by atoms with E-state index in [-0.39, 0.29) is 6.03 Å². The molecule has 25 heavy (non-hydrogen) atoms. The topological polar surface area (TPSA) is 71.8 Å². The van der Waals surface area contributed by atoms with Crippen molar-refractivity contribution in [2.45, 2.75) is 33.2 Å². The number of amides is 2. The standard InChI is InChI=1S/C19H23N5O/c1-3-18-20-11-13-24(18)12-5-10-21-19(25)23-17-7-4-6-16-15(17)9-8-14(2)22-16/h4,6-9,11,13H,3,5,10,12H2,1-2H3,(H2,21,23,25). The number of hydrogen-bond acceptors (Lipinski definition) is 3. The van der Waals surface area contributed by atoms with E-state index in [0.717, 1.165) is 47.5 Å². The molecule has 0 aliphatic rings. The number of anilines is 1. The molecule has 0 aliphatic carbocycles. The molecule has 1 aromatic carbocycles. The number of hydrogen-bond donors (Lipinski definition) is 2. The lowest BCUT2D eigenvalue weighted by Gasteiger charge is -2.11. The van der Waals surface area contributed by atoms with Crippen molar-refractivity contribution < 1.29 is 4.79 Å². The van der Waals surface area contributed by atoms with Gasteiger partial charge in [0.05, 0.1) is 11.2 Å². The Morgan fingerprint density at radius 1 is 1.24 bits per heavy atom. The first-order valence-electron chi connectivity index (χ1n) is 8.58. The fraction of sp³-hybridized carbons (Fsp3) is 0.316. The minimum Gasteiger partial charge on any atom is -0.338 e. The Morgan fingerprint density at radius 2 is 2.12 bits per heavy atom. The fourth-order valence-corrected chi connectivity index (χ4v) is 2.84. The summed E-state index contributed by atoms with van der Waals surface area (Å²) in [6.45, 7) is 5.50. The van der Waals surface area contributed by atoms with E-state index in [4.69, 9.17) is 0 Å². The third kappa shape index (κ3) is 4.15. The van der Waals surface area contributed by atoms with Gasteiger partial charge >= 0.3 is 6.03 Å². The molecule has 2 N–H and O–H groups in total. The molecular weight excluding hydrogens is 314 g/mol. The molecule has 2 aromatic heterocycles. The van der Waals surface area contributed by atoms with Gasteiger partial charge in [-0.25, -0.2) is 9.78 Å². The number of pyridine rings is 1. The van der Waals surface area contributed by atoms with Crippen LogP contribution in [-0.4, -0.2) is 27.1 Å². The predicted molar refractivity (Wildman–Crippen MR) is 99.7 cm³/mol. The van der Waals surface area contributed by atoms with Crippen LogP contribution in [0.4, 0.5) is 10.5 Å². The van der Waals surface area contributed by atoms with Gasteiger partial charge in [-0.1, -0.05) is 13.0 Å². The number of aromatic nitrogens is 3. The number of benzene rings is 1. The quantitative estimate of drug-likeness (QED) is 0.676. The second kappa shape index (κ2) is 7.79. The van der Waals surface area contributed by atoms with Gasteiger partial charge < -0.3 is 15.2 Å². The molecular formula is C19H23N5O. The monoisotopic (exact) mass is 337 g/mol. The zero-order valence-corrected chi connectivity index (χ0v) is 14.6. The predicted octanol–water partition coefficient (Wildman–Crippen LogP) is 3.51. The Bertz CT molecular complexity index is 871. The highest BCUT2D eigenvalue weighted by Gasteiger charge is 2.06. The van der Waals surface area contributed by atoms with Gasteiger partial charge in [0.15, 0.2) is 0 Å².